The first kappa shape index (κ1) is 13.4. The zero-order chi connectivity index (χ0) is 13.8. The molecule has 3 N–H and O–H groups in total. The van der Waals surface area contributed by atoms with Crippen molar-refractivity contribution in [2.45, 2.75) is 19.5 Å². The van der Waals surface area contributed by atoms with Crippen molar-refractivity contribution < 1.29 is 14.6 Å². The quantitative estimate of drug-likeness (QED) is 0.792. The van der Waals surface area contributed by atoms with E-state index in [9.17, 15) is 14.6 Å². The summed E-state index contributed by atoms with van der Waals surface area (Å²) in [7, 11) is 0. The first-order valence-corrected chi connectivity index (χ1v) is 6.06. The van der Waals surface area contributed by atoms with Gasteiger partial charge in [0.25, 0.3) is 0 Å². The highest BCUT2D eigenvalue weighted by atomic mass is 19.1. The van der Waals surface area contributed by atoms with E-state index in [0.29, 0.717) is 12.1 Å². The predicted octanol–water partition coefficient (Wildman–Crippen LogP) is 3.09. The van der Waals surface area contributed by atoms with Crippen molar-refractivity contribution in [3.05, 3.63) is 59.4 Å². The van der Waals surface area contributed by atoms with Gasteiger partial charge in [0, 0.05) is 24.2 Å². The number of hydrogen-bond acceptors (Lipinski definition) is 3. The van der Waals surface area contributed by atoms with Gasteiger partial charge in [-0.05, 0) is 30.7 Å². The van der Waals surface area contributed by atoms with E-state index in [-0.39, 0.29) is 23.4 Å². The average molecular weight is 261 g/mol. The van der Waals surface area contributed by atoms with Crippen LogP contribution in [0.4, 0.5) is 4.39 Å². The molecule has 2 aromatic carbocycles. The minimum absolute atomic E-state index is 0.00883. The van der Waals surface area contributed by atoms with E-state index in [0.717, 1.165) is 5.56 Å². The van der Waals surface area contributed by atoms with E-state index in [1.54, 1.807) is 30.3 Å². The molecule has 1 atom stereocenters. The summed E-state index contributed by atoms with van der Waals surface area (Å²) in [4.78, 5) is 0. The van der Waals surface area contributed by atoms with Crippen molar-refractivity contribution >= 4 is 0 Å². The lowest BCUT2D eigenvalue weighted by atomic mass is 10.1. The lowest BCUT2D eigenvalue weighted by Gasteiger charge is -2.15. The zero-order valence-electron chi connectivity index (χ0n) is 10.6. The highest BCUT2D eigenvalue weighted by Crippen LogP contribution is 2.24. The van der Waals surface area contributed by atoms with E-state index in [1.165, 1.54) is 12.1 Å². The van der Waals surface area contributed by atoms with Gasteiger partial charge in [-0.3, -0.25) is 0 Å². The predicted molar refractivity (Wildman–Crippen MR) is 71.4 cm³/mol. The van der Waals surface area contributed by atoms with Crippen LogP contribution in [0.5, 0.6) is 11.5 Å². The van der Waals surface area contributed by atoms with Crippen LogP contribution in [0.25, 0.3) is 0 Å². The summed E-state index contributed by atoms with van der Waals surface area (Å²) >= 11 is 0. The molecule has 1 unspecified atom stereocenters. The molecule has 2 rings (SSSR count). The topological polar surface area (TPSA) is 52.5 Å². The van der Waals surface area contributed by atoms with Gasteiger partial charge in [0.05, 0.1) is 0 Å². The zero-order valence-corrected chi connectivity index (χ0v) is 10.6. The number of aromatic hydroxyl groups is 2. The largest absolute Gasteiger partial charge is 0.508 e. The second-order valence-electron chi connectivity index (χ2n) is 4.48. The first-order chi connectivity index (χ1) is 9.06. The van der Waals surface area contributed by atoms with Crippen LogP contribution < -0.4 is 5.32 Å². The summed E-state index contributed by atoms with van der Waals surface area (Å²) in [5.41, 5.74) is 1.33. The lowest BCUT2D eigenvalue weighted by molar-refractivity contribution is 0.445. The molecule has 19 heavy (non-hydrogen) atoms. The number of nitrogens with one attached hydrogen (secondary N) is 1. The van der Waals surface area contributed by atoms with E-state index in [1.807, 2.05) is 6.92 Å². The molecule has 0 heterocycles. The van der Waals surface area contributed by atoms with Gasteiger partial charge in [0.1, 0.15) is 17.3 Å². The maximum absolute atomic E-state index is 13.5. The summed E-state index contributed by atoms with van der Waals surface area (Å²) in [5, 5.41) is 22.0. The van der Waals surface area contributed by atoms with Gasteiger partial charge in [0.2, 0.25) is 0 Å². The van der Waals surface area contributed by atoms with Gasteiger partial charge in [-0.2, -0.15) is 0 Å². The molecule has 2 aromatic rings. The molecule has 0 amide bonds. The number of phenolic OH excluding ortho intramolecular Hbond substituents is 2. The molecule has 100 valence electrons. The number of hydrogen-bond donors (Lipinski definition) is 3. The van der Waals surface area contributed by atoms with E-state index >= 15 is 0 Å². The second-order valence-corrected chi connectivity index (χ2v) is 4.48. The normalized spacial score (nSPS) is 12.3. The van der Waals surface area contributed by atoms with Crippen LogP contribution in [0.1, 0.15) is 24.1 Å². The van der Waals surface area contributed by atoms with Crippen LogP contribution in [0.15, 0.2) is 42.5 Å². The maximum Gasteiger partial charge on any atom is 0.127 e. The Hall–Kier alpha value is -2.07. The standard InChI is InChI=1S/C15H16FNO2/c1-10(12-6-13(18)8-14(19)7-12)17-9-11-4-2-3-5-15(11)16/h2-8,10,17-19H,9H2,1H3. The van der Waals surface area contributed by atoms with Crippen LogP contribution in [0, 0.1) is 5.82 Å². The Balaban J connectivity index is 2.05. The van der Waals surface area contributed by atoms with Gasteiger partial charge in [-0.25, -0.2) is 4.39 Å². The lowest BCUT2D eigenvalue weighted by Crippen LogP contribution is -2.18. The molecule has 0 bridgehead atoms. The van der Waals surface area contributed by atoms with Gasteiger partial charge in [0.15, 0.2) is 0 Å². The van der Waals surface area contributed by atoms with Crippen LogP contribution in [-0.2, 0) is 6.54 Å². The molecule has 0 aliphatic heterocycles. The molecule has 0 spiro atoms. The number of halogens is 1. The molecule has 0 aliphatic carbocycles. The monoisotopic (exact) mass is 261 g/mol. The SMILES string of the molecule is CC(NCc1ccccc1F)c1cc(O)cc(O)c1. The Kier molecular flexibility index (Phi) is 4.02. The summed E-state index contributed by atoms with van der Waals surface area (Å²) in [6.07, 6.45) is 0. The molecule has 0 saturated carbocycles. The fraction of sp³-hybridized carbons (Fsp3) is 0.200. The molecule has 3 nitrogen and oxygen atoms in total. The van der Waals surface area contributed by atoms with Crippen molar-refractivity contribution in [3.63, 3.8) is 0 Å². The summed E-state index contributed by atoms with van der Waals surface area (Å²) in [6, 6.07) is 10.9. The third-order valence-electron chi connectivity index (χ3n) is 2.98. The molecule has 0 fully saturated rings. The molecule has 0 aromatic heterocycles. The molecule has 4 heteroatoms. The third-order valence-corrected chi connectivity index (χ3v) is 2.98. The Morgan fingerprint density at radius 2 is 1.74 bits per heavy atom. The van der Waals surface area contributed by atoms with Crippen molar-refractivity contribution in [2.24, 2.45) is 0 Å². The first-order valence-electron chi connectivity index (χ1n) is 6.06. The number of rotatable bonds is 4. The van der Waals surface area contributed by atoms with Crippen LogP contribution in [0.2, 0.25) is 0 Å². The molecule has 0 saturated heterocycles. The average Bonchev–Trinajstić information content (AvgIpc) is 2.36. The molecular weight excluding hydrogens is 245 g/mol. The van der Waals surface area contributed by atoms with Crippen molar-refractivity contribution in [3.8, 4) is 11.5 Å². The smallest absolute Gasteiger partial charge is 0.127 e. The Morgan fingerprint density at radius 1 is 1.11 bits per heavy atom. The van der Waals surface area contributed by atoms with Crippen molar-refractivity contribution in [2.75, 3.05) is 0 Å². The van der Waals surface area contributed by atoms with Crippen molar-refractivity contribution in [1.82, 2.24) is 5.32 Å². The van der Waals surface area contributed by atoms with Crippen LogP contribution in [0.3, 0.4) is 0 Å². The van der Waals surface area contributed by atoms with E-state index in [2.05, 4.69) is 5.32 Å². The Bertz CT molecular complexity index is 552. The highest BCUT2D eigenvalue weighted by molar-refractivity contribution is 5.38. The summed E-state index contributed by atoms with van der Waals surface area (Å²) < 4.78 is 13.5. The maximum atomic E-state index is 13.5. The summed E-state index contributed by atoms with van der Waals surface area (Å²) in [6.45, 7) is 2.26. The summed E-state index contributed by atoms with van der Waals surface area (Å²) in [5.74, 6) is -0.231. The number of benzene rings is 2. The van der Waals surface area contributed by atoms with Gasteiger partial charge < -0.3 is 15.5 Å². The van der Waals surface area contributed by atoms with E-state index in [4.69, 9.17) is 0 Å². The van der Waals surface area contributed by atoms with Crippen LogP contribution in [-0.4, -0.2) is 10.2 Å². The molecule has 0 radical (unpaired) electrons. The fourth-order valence-electron chi connectivity index (χ4n) is 1.89. The number of phenols is 2. The van der Waals surface area contributed by atoms with Gasteiger partial charge in [-0.15, -0.1) is 0 Å². The van der Waals surface area contributed by atoms with Gasteiger partial charge in [-0.1, -0.05) is 18.2 Å². The Labute approximate surface area is 111 Å². The van der Waals surface area contributed by atoms with Crippen LogP contribution >= 0.6 is 0 Å². The minimum atomic E-state index is -0.249. The van der Waals surface area contributed by atoms with Gasteiger partial charge >= 0.3 is 0 Å². The third kappa shape index (κ3) is 3.45. The highest BCUT2D eigenvalue weighted by Gasteiger charge is 2.09. The Morgan fingerprint density at radius 3 is 2.37 bits per heavy atom. The molecule has 0 aliphatic rings. The minimum Gasteiger partial charge on any atom is -0.508 e. The van der Waals surface area contributed by atoms with E-state index < -0.39 is 0 Å². The fourth-order valence-corrected chi connectivity index (χ4v) is 1.89. The molecular formula is C15H16FNO2. The second kappa shape index (κ2) is 5.71. The van der Waals surface area contributed by atoms with Crippen molar-refractivity contribution in [1.29, 1.82) is 0 Å².